The number of pyridine rings is 1. The van der Waals surface area contributed by atoms with Crippen LogP contribution in [0.4, 0.5) is 5.69 Å². The number of nitrogens with one attached hydrogen (secondary N) is 2. The molecule has 0 unspecified atom stereocenters. The van der Waals surface area contributed by atoms with Crippen molar-refractivity contribution in [2.45, 2.75) is 6.42 Å². The van der Waals surface area contributed by atoms with E-state index in [1.165, 1.54) is 6.20 Å². The number of H-pyrrole nitrogens is 1. The number of rotatable bonds is 4. The highest BCUT2D eigenvalue weighted by Crippen LogP contribution is 2.00. The predicted molar refractivity (Wildman–Crippen MR) is 63.3 cm³/mol. The molecule has 0 atom stereocenters. The largest absolute Gasteiger partial charge is 0.397 e. The quantitative estimate of drug-likeness (QED) is 0.707. The highest BCUT2D eigenvalue weighted by molar-refractivity contribution is 5.92. The van der Waals surface area contributed by atoms with Crippen molar-refractivity contribution in [1.82, 2.24) is 20.3 Å². The third-order valence-electron chi connectivity index (χ3n) is 2.25. The smallest absolute Gasteiger partial charge is 0.269 e. The molecule has 0 saturated carbocycles. The molecule has 2 aromatic heterocycles. The molecule has 6 heteroatoms. The summed E-state index contributed by atoms with van der Waals surface area (Å²) in [6.07, 6.45) is 5.51. The molecule has 0 aliphatic rings. The highest BCUT2D eigenvalue weighted by Gasteiger charge is 2.05. The third kappa shape index (κ3) is 3.04. The lowest BCUT2D eigenvalue weighted by Crippen LogP contribution is -2.26. The maximum atomic E-state index is 11.6. The lowest BCUT2D eigenvalue weighted by atomic mass is 10.3. The van der Waals surface area contributed by atoms with Crippen molar-refractivity contribution in [3.63, 3.8) is 0 Å². The van der Waals surface area contributed by atoms with Crippen LogP contribution in [0.2, 0.25) is 0 Å². The second-order valence-electron chi connectivity index (χ2n) is 3.56. The zero-order chi connectivity index (χ0) is 12.1. The molecular formula is C11H13N5O. The molecule has 17 heavy (non-hydrogen) atoms. The minimum Gasteiger partial charge on any atom is -0.397 e. The number of carbonyl (C=O) groups is 1. The molecule has 4 N–H and O–H groups in total. The number of nitrogens with zero attached hydrogens (tertiary/aromatic N) is 2. The molecular weight excluding hydrogens is 218 g/mol. The summed E-state index contributed by atoms with van der Waals surface area (Å²) in [6.45, 7) is 0.535. The van der Waals surface area contributed by atoms with E-state index in [1.54, 1.807) is 24.7 Å². The molecule has 0 aromatic carbocycles. The van der Waals surface area contributed by atoms with Crippen LogP contribution in [0.15, 0.2) is 30.9 Å². The predicted octanol–water partition coefficient (Wildman–Crippen LogP) is 0.359. The van der Waals surface area contributed by atoms with Crippen LogP contribution in [-0.4, -0.2) is 27.4 Å². The molecule has 2 heterocycles. The third-order valence-corrected chi connectivity index (χ3v) is 2.25. The maximum absolute atomic E-state index is 11.6. The summed E-state index contributed by atoms with van der Waals surface area (Å²) in [7, 11) is 0. The summed E-state index contributed by atoms with van der Waals surface area (Å²) in [5, 5.41) is 2.77. The Balaban J connectivity index is 1.83. The molecule has 0 radical (unpaired) electrons. The van der Waals surface area contributed by atoms with Crippen molar-refractivity contribution in [2.75, 3.05) is 12.3 Å². The fourth-order valence-electron chi connectivity index (χ4n) is 1.36. The zero-order valence-electron chi connectivity index (χ0n) is 9.18. The topological polar surface area (TPSA) is 96.7 Å². The van der Waals surface area contributed by atoms with Crippen LogP contribution < -0.4 is 11.1 Å². The average molecular weight is 231 g/mol. The lowest BCUT2D eigenvalue weighted by Gasteiger charge is -2.03. The van der Waals surface area contributed by atoms with E-state index in [9.17, 15) is 4.79 Å². The summed E-state index contributed by atoms with van der Waals surface area (Å²) < 4.78 is 0. The van der Waals surface area contributed by atoms with Crippen molar-refractivity contribution in [1.29, 1.82) is 0 Å². The van der Waals surface area contributed by atoms with E-state index in [-0.39, 0.29) is 5.91 Å². The van der Waals surface area contributed by atoms with Crippen LogP contribution in [0.25, 0.3) is 0 Å². The molecule has 6 nitrogen and oxygen atoms in total. The van der Waals surface area contributed by atoms with E-state index in [0.29, 0.717) is 24.3 Å². The molecule has 0 aliphatic heterocycles. The molecule has 2 aromatic rings. The maximum Gasteiger partial charge on any atom is 0.269 e. The lowest BCUT2D eigenvalue weighted by molar-refractivity contribution is 0.0949. The Morgan fingerprint density at radius 1 is 1.41 bits per heavy atom. The molecule has 0 saturated heterocycles. The molecule has 1 amide bonds. The number of hydrogen-bond donors (Lipinski definition) is 3. The average Bonchev–Trinajstić information content (AvgIpc) is 2.83. The summed E-state index contributed by atoms with van der Waals surface area (Å²) in [5.74, 6) is -0.204. The Bertz CT molecular complexity index is 477. The van der Waals surface area contributed by atoms with Crippen molar-refractivity contribution >= 4 is 11.6 Å². The van der Waals surface area contributed by atoms with E-state index in [4.69, 9.17) is 5.73 Å². The second-order valence-corrected chi connectivity index (χ2v) is 3.56. The van der Waals surface area contributed by atoms with Gasteiger partial charge in [0.05, 0.1) is 18.2 Å². The van der Waals surface area contributed by atoms with Gasteiger partial charge in [-0.15, -0.1) is 0 Å². The van der Waals surface area contributed by atoms with E-state index >= 15 is 0 Å². The van der Waals surface area contributed by atoms with Crippen LogP contribution in [0, 0.1) is 0 Å². The van der Waals surface area contributed by atoms with Crippen LogP contribution in [-0.2, 0) is 6.42 Å². The number of imidazole rings is 1. The Hall–Kier alpha value is -2.37. The first-order valence-corrected chi connectivity index (χ1v) is 5.22. The van der Waals surface area contributed by atoms with Gasteiger partial charge in [0.1, 0.15) is 5.69 Å². The SMILES string of the molecule is Nc1ccc(C(=O)NCCc2cnc[nH]2)nc1. The van der Waals surface area contributed by atoms with Gasteiger partial charge in [-0.2, -0.15) is 0 Å². The van der Waals surface area contributed by atoms with Crippen molar-refractivity contribution in [2.24, 2.45) is 0 Å². The van der Waals surface area contributed by atoms with Gasteiger partial charge in [-0.3, -0.25) is 4.79 Å². The van der Waals surface area contributed by atoms with Crippen molar-refractivity contribution in [3.05, 3.63) is 42.2 Å². The van der Waals surface area contributed by atoms with Crippen LogP contribution >= 0.6 is 0 Å². The summed E-state index contributed by atoms with van der Waals surface area (Å²) in [5.41, 5.74) is 7.37. The van der Waals surface area contributed by atoms with Crippen molar-refractivity contribution < 1.29 is 4.79 Å². The highest BCUT2D eigenvalue weighted by atomic mass is 16.1. The molecule has 2 rings (SSSR count). The fraction of sp³-hybridized carbons (Fsp3) is 0.182. The van der Waals surface area contributed by atoms with E-state index in [1.807, 2.05) is 0 Å². The Morgan fingerprint density at radius 3 is 2.94 bits per heavy atom. The number of anilines is 1. The minimum absolute atomic E-state index is 0.204. The summed E-state index contributed by atoms with van der Waals surface area (Å²) >= 11 is 0. The molecule has 0 aliphatic carbocycles. The van der Waals surface area contributed by atoms with Gasteiger partial charge in [0.2, 0.25) is 0 Å². The number of aromatic nitrogens is 3. The van der Waals surface area contributed by atoms with Crippen LogP contribution in [0.1, 0.15) is 16.2 Å². The number of hydrogen-bond acceptors (Lipinski definition) is 4. The van der Waals surface area contributed by atoms with Crippen LogP contribution in [0.3, 0.4) is 0 Å². The van der Waals surface area contributed by atoms with E-state index in [0.717, 1.165) is 5.69 Å². The standard InChI is InChI=1S/C11H13N5O/c12-8-1-2-10(15-5-8)11(17)14-4-3-9-6-13-7-16-9/h1-2,5-7H,3-4,12H2,(H,13,16)(H,14,17). The monoisotopic (exact) mass is 231 g/mol. The number of nitrogens with two attached hydrogens (primary N) is 1. The van der Waals surface area contributed by atoms with Gasteiger partial charge in [0.15, 0.2) is 0 Å². The summed E-state index contributed by atoms with van der Waals surface area (Å²) in [4.78, 5) is 22.4. The molecule has 0 bridgehead atoms. The molecule has 88 valence electrons. The Labute approximate surface area is 98.3 Å². The van der Waals surface area contributed by atoms with E-state index in [2.05, 4.69) is 20.3 Å². The Kier molecular flexibility index (Phi) is 3.34. The first-order chi connectivity index (χ1) is 8.25. The van der Waals surface area contributed by atoms with Gasteiger partial charge in [0, 0.05) is 24.9 Å². The fourth-order valence-corrected chi connectivity index (χ4v) is 1.36. The van der Waals surface area contributed by atoms with Gasteiger partial charge in [-0.25, -0.2) is 9.97 Å². The second kappa shape index (κ2) is 5.11. The number of nitrogen functional groups attached to an aromatic ring is 1. The van der Waals surface area contributed by atoms with E-state index < -0.39 is 0 Å². The minimum atomic E-state index is -0.204. The van der Waals surface area contributed by atoms with Crippen LogP contribution in [0.5, 0.6) is 0 Å². The zero-order valence-corrected chi connectivity index (χ0v) is 9.18. The number of amides is 1. The van der Waals surface area contributed by atoms with Gasteiger partial charge >= 0.3 is 0 Å². The number of carbonyl (C=O) groups excluding carboxylic acids is 1. The van der Waals surface area contributed by atoms with Gasteiger partial charge in [0.25, 0.3) is 5.91 Å². The first-order valence-electron chi connectivity index (χ1n) is 5.22. The Morgan fingerprint density at radius 2 is 2.29 bits per heavy atom. The van der Waals surface area contributed by atoms with Gasteiger partial charge in [-0.1, -0.05) is 0 Å². The normalized spacial score (nSPS) is 10.1. The van der Waals surface area contributed by atoms with Gasteiger partial charge in [-0.05, 0) is 12.1 Å². The number of aromatic amines is 1. The first kappa shape index (κ1) is 11.1. The van der Waals surface area contributed by atoms with Gasteiger partial charge < -0.3 is 16.0 Å². The van der Waals surface area contributed by atoms with Crippen molar-refractivity contribution in [3.8, 4) is 0 Å². The summed E-state index contributed by atoms with van der Waals surface area (Å²) in [6, 6.07) is 3.25. The molecule has 0 fully saturated rings. The molecule has 0 spiro atoms.